The van der Waals surface area contributed by atoms with Crippen molar-refractivity contribution in [2.75, 3.05) is 5.73 Å². The number of nitrogen functional groups attached to an aromatic ring is 1. The minimum absolute atomic E-state index is 0.415. The van der Waals surface area contributed by atoms with E-state index in [1.165, 1.54) is 0 Å². The highest BCUT2D eigenvalue weighted by Crippen LogP contribution is 2.14. The summed E-state index contributed by atoms with van der Waals surface area (Å²) in [6.07, 6.45) is 1.68. The molecule has 3 N–H and O–H groups in total. The Kier molecular flexibility index (Phi) is 1.73. The van der Waals surface area contributed by atoms with Crippen molar-refractivity contribution in [1.29, 1.82) is 0 Å². The smallest absolute Gasteiger partial charge is 0.197 e. The van der Waals surface area contributed by atoms with Crippen LogP contribution in [0.5, 0.6) is 0 Å². The molecule has 66 valence electrons. The number of hydrogen-bond acceptors (Lipinski definition) is 3. The lowest BCUT2D eigenvalue weighted by atomic mass is 10.2. The van der Waals surface area contributed by atoms with Crippen LogP contribution < -0.4 is 5.73 Å². The molecule has 4 heteroatoms. The lowest BCUT2D eigenvalue weighted by Crippen LogP contribution is -1.88. The zero-order chi connectivity index (χ0) is 9.26. The van der Waals surface area contributed by atoms with E-state index in [0.29, 0.717) is 5.95 Å². The second kappa shape index (κ2) is 2.90. The molecular weight excluding hydrogens is 164 g/mol. The Morgan fingerprint density at radius 1 is 1.38 bits per heavy atom. The van der Waals surface area contributed by atoms with Crippen LogP contribution in [0.2, 0.25) is 0 Å². The fourth-order valence-electron chi connectivity index (χ4n) is 1.16. The van der Waals surface area contributed by atoms with Crippen molar-refractivity contribution in [2.24, 2.45) is 0 Å². The lowest BCUT2D eigenvalue weighted by molar-refractivity contribution is 1.19. The minimum Gasteiger partial charge on any atom is -0.369 e. The standard InChI is InChI=1S/C9H10N4/c1-6-3-2-4-7(12-6)8-5-11-9(10)13-8/h2-5H,1H3,(H3,10,11,13). The van der Waals surface area contributed by atoms with Crippen LogP contribution in [0, 0.1) is 6.92 Å². The predicted octanol–water partition coefficient (Wildman–Crippen LogP) is 1.36. The van der Waals surface area contributed by atoms with Gasteiger partial charge >= 0.3 is 0 Å². The van der Waals surface area contributed by atoms with Crippen LogP contribution in [0.3, 0.4) is 0 Å². The molecule has 0 radical (unpaired) electrons. The number of imidazole rings is 1. The molecule has 2 aromatic rings. The van der Waals surface area contributed by atoms with E-state index in [1.807, 2.05) is 25.1 Å². The van der Waals surface area contributed by atoms with Crippen molar-refractivity contribution < 1.29 is 0 Å². The number of hydrogen-bond donors (Lipinski definition) is 2. The summed E-state index contributed by atoms with van der Waals surface area (Å²) in [6.45, 7) is 1.95. The van der Waals surface area contributed by atoms with E-state index in [4.69, 9.17) is 5.73 Å². The highest BCUT2D eigenvalue weighted by atomic mass is 15.0. The average molecular weight is 174 g/mol. The van der Waals surface area contributed by atoms with Gasteiger partial charge in [-0.25, -0.2) is 4.98 Å². The van der Waals surface area contributed by atoms with Crippen molar-refractivity contribution in [3.05, 3.63) is 30.1 Å². The molecule has 0 fully saturated rings. The molecule has 13 heavy (non-hydrogen) atoms. The Balaban J connectivity index is 2.46. The van der Waals surface area contributed by atoms with Gasteiger partial charge in [-0.05, 0) is 19.1 Å². The van der Waals surface area contributed by atoms with Crippen LogP contribution in [0.1, 0.15) is 5.69 Å². The van der Waals surface area contributed by atoms with Gasteiger partial charge in [-0.15, -0.1) is 0 Å². The number of pyridine rings is 1. The molecule has 2 heterocycles. The van der Waals surface area contributed by atoms with E-state index in [2.05, 4.69) is 15.0 Å². The second-order valence-electron chi connectivity index (χ2n) is 2.85. The Bertz CT molecular complexity index is 419. The van der Waals surface area contributed by atoms with Crippen molar-refractivity contribution >= 4 is 5.95 Å². The molecule has 0 aliphatic rings. The van der Waals surface area contributed by atoms with Crippen molar-refractivity contribution in [3.63, 3.8) is 0 Å². The maximum Gasteiger partial charge on any atom is 0.197 e. The van der Waals surface area contributed by atoms with E-state index >= 15 is 0 Å². The fourth-order valence-corrected chi connectivity index (χ4v) is 1.16. The number of nitrogens with one attached hydrogen (secondary N) is 1. The van der Waals surface area contributed by atoms with E-state index < -0.39 is 0 Å². The monoisotopic (exact) mass is 174 g/mol. The number of anilines is 1. The van der Waals surface area contributed by atoms with Gasteiger partial charge in [0.1, 0.15) is 0 Å². The van der Waals surface area contributed by atoms with Crippen LogP contribution in [0.15, 0.2) is 24.4 Å². The van der Waals surface area contributed by atoms with Gasteiger partial charge in [-0.2, -0.15) is 0 Å². The zero-order valence-electron chi connectivity index (χ0n) is 7.28. The van der Waals surface area contributed by atoms with Gasteiger partial charge in [0.05, 0.1) is 17.6 Å². The first kappa shape index (κ1) is 7.79. The van der Waals surface area contributed by atoms with E-state index in [9.17, 15) is 0 Å². The van der Waals surface area contributed by atoms with Gasteiger partial charge in [-0.3, -0.25) is 4.98 Å². The molecule has 0 atom stereocenters. The summed E-state index contributed by atoms with van der Waals surface area (Å²) in [7, 11) is 0. The van der Waals surface area contributed by atoms with Gasteiger partial charge in [0.15, 0.2) is 5.95 Å². The Labute approximate surface area is 75.8 Å². The first-order valence-electron chi connectivity index (χ1n) is 4.00. The SMILES string of the molecule is Cc1cccc(-c2cnc(N)[nH]2)n1. The molecule has 0 bridgehead atoms. The normalized spacial score (nSPS) is 10.2. The summed E-state index contributed by atoms with van der Waals surface area (Å²) >= 11 is 0. The summed E-state index contributed by atoms with van der Waals surface area (Å²) in [5, 5.41) is 0. The van der Waals surface area contributed by atoms with Crippen molar-refractivity contribution in [1.82, 2.24) is 15.0 Å². The van der Waals surface area contributed by atoms with E-state index in [0.717, 1.165) is 17.1 Å². The average Bonchev–Trinajstić information content (AvgIpc) is 2.52. The maximum atomic E-state index is 5.46. The van der Waals surface area contributed by atoms with Crippen LogP contribution in [0.25, 0.3) is 11.4 Å². The van der Waals surface area contributed by atoms with Crippen molar-refractivity contribution in [3.8, 4) is 11.4 Å². The highest BCUT2D eigenvalue weighted by Gasteiger charge is 2.01. The number of aromatic nitrogens is 3. The maximum absolute atomic E-state index is 5.46. The lowest BCUT2D eigenvalue weighted by Gasteiger charge is -1.96. The summed E-state index contributed by atoms with van der Waals surface area (Å²) in [4.78, 5) is 11.2. The van der Waals surface area contributed by atoms with E-state index in [1.54, 1.807) is 6.20 Å². The van der Waals surface area contributed by atoms with Gasteiger partial charge in [0, 0.05) is 5.69 Å². The molecular formula is C9H10N4. The number of rotatable bonds is 1. The third kappa shape index (κ3) is 1.51. The number of nitrogens with zero attached hydrogens (tertiary/aromatic N) is 2. The fraction of sp³-hybridized carbons (Fsp3) is 0.111. The van der Waals surface area contributed by atoms with Crippen LogP contribution in [-0.2, 0) is 0 Å². The Morgan fingerprint density at radius 3 is 2.85 bits per heavy atom. The third-order valence-corrected chi connectivity index (χ3v) is 1.76. The van der Waals surface area contributed by atoms with Crippen LogP contribution >= 0.6 is 0 Å². The molecule has 2 aromatic heterocycles. The van der Waals surface area contributed by atoms with Crippen LogP contribution in [-0.4, -0.2) is 15.0 Å². The van der Waals surface area contributed by atoms with Gasteiger partial charge in [0.25, 0.3) is 0 Å². The molecule has 0 saturated carbocycles. The number of aromatic amines is 1. The molecule has 0 saturated heterocycles. The largest absolute Gasteiger partial charge is 0.369 e. The van der Waals surface area contributed by atoms with Crippen LogP contribution in [0.4, 0.5) is 5.95 Å². The second-order valence-corrected chi connectivity index (χ2v) is 2.85. The van der Waals surface area contributed by atoms with Crippen molar-refractivity contribution in [2.45, 2.75) is 6.92 Å². The summed E-state index contributed by atoms with van der Waals surface area (Å²) < 4.78 is 0. The topological polar surface area (TPSA) is 67.6 Å². The quantitative estimate of drug-likeness (QED) is 0.686. The molecule has 2 rings (SSSR count). The number of aryl methyl sites for hydroxylation is 1. The first-order valence-corrected chi connectivity index (χ1v) is 4.00. The molecule has 0 aliphatic carbocycles. The predicted molar refractivity (Wildman–Crippen MR) is 51.0 cm³/mol. The summed E-state index contributed by atoms with van der Waals surface area (Å²) in [5.41, 5.74) is 8.15. The Morgan fingerprint density at radius 2 is 2.23 bits per heavy atom. The van der Waals surface area contributed by atoms with Gasteiger partial charge in [0.2, 0.25) is 0 Å². The summed E-state index contributed by atoms with van der Waals surface area (Å²) in [6, 6.07) is 5.82. The first-order chi connectivity index (χ1) is 6.25. The Hall–Kier alpha value is -1.84. The zero-order valence-corrected chi connectivity index (χ0v) is 7.28. The number of nitrogens with two attached hydrogens (primary N) is 1. The number of H-pyrrole nitrogens is 1. The minimum atomic E-state index is 0.415. The molecule has 0 aliphatic heterocycles. The molecule has 0 aromatic carbocycles. The highest BCUT2D eigenvalue weighted by molar-refractivity contribution is 5.55. The molecule has 0 spiro atoms. The molecule has 0 unspecified atom stereocenters. The third-order valence-electron chi connectivity index (χ3n) is 1.76. The summed E-state index contributed by atoms with van der Waals surface area (Å²) in [5.74, 6) is 0.415. The van der Waals surface area contributed by atoms with Gasteiger partial charge < -0.3 is 10.7 Å². The molecule has 4 nitrogen and oxygen atoms in total. The molecule has 0 amide bonds. The van der Waals surface area contributed by atoms with E-state index in [-0.39, 0.29) is 0 Å². The van der Waals surface area contributed by atoms with Gasteiger partial charge in [-0.1, -0.05) is 6.07 Å².